The molecule has 0 amide bonds. The van der Waals surface area contributed by atoms with Crippen molar-refractivity contribution < 1.29 is 4.74 Å². The lowest BCUT2D eigenvalue weighted by Gasteiger charge is -2.21. The van der Waals surface area contributed by atoms with Gasteiger partial charge < -0.3 is 9.30 Å². The predicted molar refractivity (Wildman–Crippen MR) is 100 cm³/mol. The van der Waals surface area contributed by atoms with E-state index < -0.39 is 0 Å². The van der Waals surface area contributed by atoms with Gasteiger partial charge in [-0.15, -0.1) is 0 Å². The lowest BCUT2D eigenvalue weighted by molar-refractivity contribution is 0.0364. The molecule has 0 saturated heterocycles. The van der Waals surface area contributed by atoms with Crippen molar-refractivity contribution in [3.8, 4) is 11.1 Å². The van der Waals surface area contributed by atoms with Gasteiger partial charge in [-0.1, -0.05) is 13.8 Å². The van der Waals surface area contributed by atoms with E-state index in [9.17, 15) is 0 Å². The molecule has 0 radical (unpaired) electrons. The molecule has 1 aliphatic heterocycles. The molecular formula is C21H28N2O. The highest BCUT2D eigenvalue weighted by molar-refractivity contribution is 5.77. The Kier molecular flexibility index (Phi) is 4.64. The number of ether oxygens (including phenoxy) is 1. The minimum atomic E-state index is 0.136. The molecule has 0 aromatic carbocycles. The molecule has 1 aliphatic rings. The number of aromatic nitrogens is 2. The van der Waals surface area contributed by atoms with E-state index in [-0.39, 0.29) is 12.2 Å². The van der Waals surface area contributed by atoms with Gasteiger partial charge in [-0.05, 0) is 69.0 Å². The number of nitrogens with zero attached hydrogens (tertiary/aromatic N) is 2. The third-order valence-electron chi connectivity index (χ3n) is 4.79. The van der Waals surface area contributed by atoms with Crippen molar-refractivity contribution in [2.24, 2.45) is 0 Å². The first-order valence-corrected chi connectivity index (χ1v) is 8.92. The third kappa shape index (κ3) is 3.05. The van der Waals surface area contributed by atoms with Crippen LogP contribution in [0.15, 0.2) is 36.2 Å². The van der Waals surface area contributed by atoms with Crippen molar-refractivity contribution in [3.63, 3.8) is 0 Å². The van der Waals surface area contributed by atoms with E-state index in [1.165, 1.54) is 22.4 Å². The summed E-state index contributed by atoms with van der Waals surface area (Å²) in [4.78, 5) is 4.49. The van der Waals surface area contributed by atoms with E-state index in [1.54, 1.807) is 0 Å². The second-order valence-corrected chi connectivity index (χ2v) is 7.29. The van der Waals surface area contributed by atoms with Crippen LogP contribution in [0.2, 0.25) is 0 Å². The summed E-state index contributed by atoms with van der Waals surface area (Å²) in [5, 5.41) is 0. The van der Waals surface area contributed by atoms with E-state index in [0.29, 0.717) is 12.0 Å². The maximum atomic E-state index is 6.01. The van der Waals surface area contributed by atoms with Gasteiger partial charge in [-0.2, -0.15) is 0 Å². The Morgan fingerprint density at radius 2 is 1.88 bits per heavy atom. The van der Waals surface area contributed by atoms with Gasteiger partial charge in [0.2, 0.25) is 0 Å². The maximum Gasteiger partial charge on any atom is 0.0784 e. The lowest BCUT2D eigenvalue weighted by Crippen LogP contribution is -2.19. The second-order valence-electron chi connectivity index (χ2n) is 7.29. The predicted octanol–water partition coefficient (Wildman–Crippen LogP) is 5.45. The molecule has 24 heavy (non-hydrogen) atoms. The Morgan fingerprint density at radius 3 is 2.54 bits per heavy atom. The molecule has 2 atom stereocenters. The smallest absolute Gasteiger partial charge is 0.0784 e. The fourth-order valence-electron chi connectivity index (χ4n) is 3.51. The van der Waals surface area contributed by atoms with Crippen LogP contribution < -0.4 is 0 Å². The number of hydrogen-bond donors (Lipinski definition) is 0. The summed E-state index contributed by atoms with van der Waals surface area (Å²) >= 11 is 0. The molecule has 3 rings (SSSR count). The van der Waals surface area contributed by atoms with E-state index in [2.05, 4.69) is 81.6 Å². The van der Waals surface area contributed by atoms with E-state index in [0.717, 1.165) is 5.69 Å². The van der Waals surface area contributed by atoms with Gasteiger partial charge in [0.05, 0.1) is 18.2 Å². The van der Waals surface area contributed by atoms with Crippen LogP contribution >= 0.6 is 0 Å². The van der Waals surface area contributed by atoms with Crippen molar-refractivity contribution in [2.45, 2.75) is 65.7 Å². The standard InChI is InChI=1S/C21H28N2O/c1-13(2)20-11-17(7-9-22-20)18-8-10-23-15(5)19(12-21(18)23)16(6)24-14(3)4/h7-16H,1-6H3/t15?,16-/m0/s1. The van der Waals surface area contributed by atoms with Crippen molar-refractivity contribution in [1.82, 2.24) is 9.55 Å². The van der Waals surface area contributed by atoms with E-state index in [1.807, 2.05) is 6.20 Å². The first kappa shape index (κ1) is 17.0. The monoisotopic (exact) mass is 324 g/mol. The molecular weight excluding hydrogens is 296 g/mol. The van der Waals surface area contributed by atoms with Gasteiger partial charge in [-0.25, -0.2) is 0 Å². The van der Waals surface area contributed by atoms with Gasteiger partial charge >= 0.3 is 0 Å². The lowest BCUT2D eigenvalue weighted by atomic mass is 10.0. The van der Waals surface area contributed by atoms with Crippen molar-refractivity contribution in [3.05, 3.63) is 47.6 Å². The molecule has 0 saturated carbocycles. The molecule has 0 N–H and O–H groups in total. The quantitative estimate of drug-likeness (QED) is 0.731. The summed E-state index contributed by atoms with van der Waals surface area (Å²) in [6.45, 7) is 12.9. The highest BCUT2D eigenvalue weighted by atomic mass is 16.5. The molecule has 3 heterocycles. The van der Waals surface area contributed by atoms with Crippen LogP contribution in [0.4, 0.5) is 0 Å². The minimum Gasteiger partial charge on any atom is -0.371 e. The molecule has 2 aromatic heterocycles. The highest BCUT2D eigenvalue weighted by Crippen LogP contribution is 2.39. The Morgan fingerprint density at radius 1 is 1.12 bits per heavy atom. The van der Waals surface area contributed by atoms with Gasteiger partial charge in [0, 0.05) is 29.3 Å². The van der Waals surface area contributed by atoms with E-state index in [4.69, 9.17) is 4.74 Å². The summed E-state index contributed by atoms with van der Waals surface area (Å²) in [5.41, 5.74) is 6.28. The maximum absolute atomic E-state index is 6.01. The molecule has 0 bridgehead atoms. The van der Waals surface area contributed by atoms with Gasteiger partial charge in [0.25, 0.3) is 0 Å². The SMILES string of the molecule is CC(C)O[C@@H](C)C1=Cc2c(-c3ccnc(C(C)C)c3)ccn2C1C. The molecule has 128 valence electrons. The zero-order valence-electron chi connectivity index (χ0n) is 15.6. The summed E-state index contributed by atoms with van der Waals surface area (Å²) in [7, 11) is 0. The normalized spacial score (nSPS) is 18.2. The first-order chi connectivity index (χ1) is 11.4. The van der Waals surface area contributed by atoms with E-state index >= 15 is 0 Å². The Bertz CT molecular complexity index is 755. The fraction of sp³-hybridized carbons (Fsp3) is 0.476. The minimum absolute atomic E-state index is 0.136. The van der Waals surface area contributed by atoms with Crippen LogP contribution in [0, 0.1) is 0 Å². The molecule has 1 unspecified atom stereocenters. The number of rotatable bonds is 5. The average molecular weight is 324 g/mol. The van der Waals surface area contributed by atoms with Crippen LogP contribution in [-0.2, 0) is 4.74 Å². The average Bonchev–Trinajstić information content (AvgIpc) is 3.07. The molecule has 3 heteroatoms. The van der Waals surface area contributed by atoms with Crippen molar-refractivity contribution in [2.75, 3.05) is 0 Å². The van der Waals surface area contributed by atoms with Crippen LogP contribution in [-0.4, -0.2) is 21.8 Å². The second kappa shape index (κ2) is 6.56. The summed E-state index contributed by atoms with van der Waals surface area (Å²) in [6, 6.07) is 6.87. The number of pyridine rings is 1. The first-order valence-electron chi connectivity index (χ1n) is 8.92. The Labute approximate surface area is 145 Å². The molecule has 3 nitrogen and oxygen atoms in total. The van der Waals surface area contributed by atoms with Gasteiger partial charge in [-0.3, -0.25) is 4.98 Å². The zero-order chi connectivity index (χ0) is 17.4. The fourth-order valence-corrected chi connectivity index (χ4v) is 3.51. The zero-order valence-corrected chi connectivity index (χ0v) is 15.6. The summed E-state index contributed by atoms with van der Waals surface area (Å²) < 4.78 is 8.36. The third-order valence-corrected chi connectivity index (χ3v) is 4.79. The largest absolute Gasteiger partial charge is 0.371 e. The molecule has 0 fully saturated rings. The number of hydrogen-bond acceptors (Lipinski definition) is 2. The summed E-state index contributed by atoms with van der Waals surface area (Å²) in [5.74, 6) is 0.435. The topological polar surface area (TPSA) is 27.1 Å². The Balaban J connectivity index is 1.97. The van der Waals surface area contributed by atoms with Gasteiger partial charge in [0.1, 0.15) is 0 Å². The van der Waals surface area contributed by atoms with Crippen LogP contribution in [0.1, 0.15) is 64.9 Å². The van der Waals surface area contributed by atoms with Crippen molar-refractivity contribution in [1.29, 1.82) is 0 Å². The molecule has 0 aliphatic carbocycles. The number of fused-ring (bicyclic) bond motifs is 1. The van der Waals surface area contributed by atoms with Crippen molar-refractivity contribution >= 4 is 6.08 Å². The van der Waals surface area contributed by atoms with Gasteiger partial charge in [0.15, 0.2) is 0 Å². The highest BCUT2D eigenvalue weighted by Gasteiger charge is 2.27. The summed E-state index contributed by atoms with van der Waals surface area (Å²) in [6.07, 6.45) is 6.79. The van der Waals surface area contributed by atoms with Crippen LogP contribution in [0.3, 0.4) is 0 Å². The Hall–Kier alpha value is -1.87. The van der Waals surface area contributed by atoms with Crippen LogP contribution in [0.25, 0.3) is 17.2 Å². The van der Waals surface area contributed by atoms with Crippen LogP contribution in [0.5, 0.6) is 0 Å². The molecule has 2 aromatic rings. The molecule has 0 spiro atoms.